The number of imidazole rings is 2. The Morgan fingerprint density at radius 3 is 1.70 bits per heavy atom. The number of hydrogen-bond acceptors (Lipinski definition) is 11. The van der Waals surface area contributed by atoms with Crippen molar-refractivity contribution in [3.8, 4) is 11.5 Å². The van der Waals surface area contributed by atoms with Crippen LogP contribution in [0.1, 0.15) is 38.8 Å². The van der Waals surface area contributed by atoms with Crippen LogP contribution in [0.2, 0.25) is 0 Å². The number of nitrogens with zero attached hydrogens (tertiary/aromatic N) is 6. The molecule has 2 aromatic heterocycles. The van der Waals surface area contributed by atoms with Crippen LogP contribution in [0.3, 0.4) is 0 Å². The smallest absolute Gasteiger partial charge is 0.355 e. The Kier molecular flexibility index (Phi) is 16.9. The average Bonchev–Trinajstić information content (AvgIpc) is 4.06. The lowest BCUT2D eigenvalue weighted by molar-refractivity contribution is -0.671. The summed E-state index contributed by atoms with van der Waals surface area (Å²) in [5.74, 6) is -4.28. The molecule has 0 radical (unpaired) electrons. The predicted octanol–water partition coefficient (Wildman–Crippen LogP) is 4.64. The van der Waals surface area contributed by atoms with Crippen LogP contribution in [0.4, 0.5) is 0 Å². The first kappa shape index (κ1) is 53.0. The van der Waals surface area contributed by atoms with Crippen molar-refractivity contribution in [2.24, 2.45) is 43.7 Å². The first-order valence-electron chi connectivity index (χ1n) is 23.0. The standard InChI is InChI=1S/C29H33IN3O7.C22H24IN3O5/c1-6-12-37-29(36)26-21(16-38-23-14-20(8-9-22(23)30)15-32-11-10-31(5)17-32)18(3)25-24(27(34)33(25)26)19(4)28(35)40-39-13-7-2;1-12-15(20(22(29)30)26-19(12)18(13(2)27)21(26)28)10-31-17-8-14(4-5-16(17)23)9-25-7-6-24(3)11-25/h6-11,14,17-19,24-25H,1-2,12-13,15-16H2,3-5H3;4-8,11-13,18-19,27H,9-10H2,1-3H3/q+1;/p+1/t18-,19?,24?,25?;12-,13?,18?,19?/m00/s1. The van der Waals surface area contributed by atoms with Gasteiger partial charge in [-0.05, 0) is 87.5 Å². The van der Waals surface area contributed by atoms with Gasteiger partial charge in [0.2, 0.25) is 24.5 Å². The molecule has 18 nitrogen and oxygen atoms in total. The minimum atomic E-state index is -1.14. The summed E-state index contributed by atoms with van der Waals surface area (Å²) in [6.45, 7) is 15.7. The zero-order valence-corrected chi connectivity index (χ0v) is 44.6. The number of β-lactam (4-membered cyclic amide) rings is 2. The molecule has 0 saturated carbocycles. The van der Waals surface area contributed by atoms with Crippen LogP contribution < -0.4 is 18.6 Å². The van der Waals surface area contributed by atoms with E-state index in [0.29, 0.717) is 35.7 Å². The number of benzene rings is 2. The second kappa shape index (κ2) is 22.7. The summed E-state index contributed by atoms with van der Waals surface area (Å²) in [7, 11) is 3.93. The summed E-state index contributed by atoms with van der Waals surface area (Å²) in [5, 5.41) is 19.7. The topological polar surface area (TPSA) is 196 Å². The molecule has 0 spiro atoms. The lowest BCUT2D eigenvalue weighted by Crippen LogP contribution is -2.63. The van der Waals surface area contributed by atoms with Gasteiger partial charge in [0.25, 0.3) is 0 Å². The molecule has 2 saturated heterocycles. The van der Waals surface area contributed by atoms with E-state index in [1.807, 2.05) is 111 Å². The number of ether oxygens (including phenoxy) is 3. The molecule has 4 aliphatic rings. The molecule has 2 amide bonds. The van der Waals surface area contributed by atoms with Crippen LogP contribution in [0.25, 0.3) is 0 Å². The number of esters is 1. The van der Waals surface area contributed by atoms with Crippen LogP contribution in [0.15, 0.2) is 122 Å². The Hall–Kier alpha value is -5.85. The number of aryl methyl sites for hydroxylation is 2. The highest BCUT2D eigenvalue weighted by atomic mass is 127. The molecule has 4 aliphatic heterocycles. The van der Waals surface area contributed by atoms with Gasteiger partial charge in [0.05, 0.1) is 57.2 Å². The van der Waals surface area contributed by atoms with Crippen molar-refractivity contribution in [2.45, 2.75) is 59.0 Å². The number of aliphatic hydroxyl groups is 1. The highest BCUT2D eigenvalue weighted by molar-refractivity contribution is 14.1. The maximum atomic E-state index is 13.3. The van der Waals surface area contributed by atoms with Crippen molar-refractivity contribution >= 4 is 74.9 Å². The molecule has 4 aromatic rings. The molecule has 6 unspecified atom stereocenters. The monoisotopic (exact) mass is 1200 g/mol. The molecular weight excluding hydrogens is 1140 g/mol. The number of carbonyl (C=O) groups is 5. The molecule has 6 heterocycles. The van der Waals surface area contributed by atoms with Crippen LogP contribution in [-0.2, 0) is 65.7 Å². The molecule has 2 fully saturated rings. The molecule has 71 heavy (non-hydrogen) atoms. The highest BCUT2D eigenvalue weighted by Crippen LogP contribution is 2.50. The molecular formula is C51H58I2N6O12+2. The molecule has 0 bridgehead atoms. The van der Waals surface area contributed by atoms with Gasteiger partial charge in [-0.3, -0.25) is 14.5 Å². The lowest BCUT2D eigenvalue weighted by atomic mass is 9.74. The molecule has 0 aliphatic carbocycles. The number of rotatable bonds is 20. The number of carboxylic acid groups (broad SMARTS) is 1. The Morgan fingerprint density at radius 1 is 0.761 bits per heavy atom. The summed E-state index contributed by atoms with van der Waals surface area (Å²) in [4.78, 5) is 75.8. The number of carboxylic acids is 1. The van der Waals surface area contributed by atoms with Crippen molar-refractivity contribution in [1.82, 2.24) is 18.9 Å². The van der Waals surface area contributed by atoms with E-state index in [-0.39, 0.29) is 67.5 Å². The molecule has 2 aromatic carbocycles. The Bertz CT molecular complexity index is 2800. The van der Waals surface area contributed by atoms with Gasteiger partial charge >= 0.3 is 17.9 Å². The van der Waals surface area contributed by atoms with Crippen molar-refractivity contribution in [1.29, 1.82) is 0 Å². The number of carbonyl (C=O) groups excluding carboxylic acids is 4. The minimum Gasteiger partial charge on any atom is -0.488 e. The number of halogens is 2. The summed E-state index contributed by atoms with van der Waals surface area (Å²) in [5.41, 5.74) is 3.48. The molecule has 2 N–H and O–H groups in total. The normalized spacial score (nSPS) is 21.8. The number of aromatic nitrogens is 4. The van der Waals surface area contributed by atoms with E-state index in [2.05, 4.69) is 67.5 Å². The van der Waals surface area contributed by atoms with E-state index in [4.69, 9.17) is 24.0 Å². The number of fused-ring (bicyclic) bond motifs is 2. The van der Waals surface area contributed by atoms with Gasteiger partial charge in [0, 0.05) is 23.0 Å². The summed E-state index contributed by atoms with van der Waals surface area (Å²) >= 11 is 4.40. The first-order chi connectivity index (χ1) is 33.9. The SMILES string of the molecule is C=CCOOC(=O)C(C)C1C(=O)N2C(C(=O)OCC=C)=C(COc3cc(Cn4cc[n+](C)c4)ccc3I)[C@H](C)C12.CC(O)C1C(=O)N2C(C(=O)O)=C(COc3cc(Cn4cc[n+](C)c4)ccc3I)[C@H](C)C12. The molecule has 8 atom stereocenters. The van der Waals surface area contributed by atoms with E-state index in [9.17, 15) is 34.2 Å². The Labute approximate surface area is 439 Å². The second-order valence-corrected chi connectivity index (χ2v) is 20.4. The fourth-order valence-electron chi connectivity index (χ4n) is 9.68. The van der Waals surface area contributed by atoms with E-state index < -0.39 is 47.8 Å². The number of hydrogen-bond donors (Lipinski definition) is 2. The van der Waals surface area contributed by atoms with Gasteiger partial charge in [-0.2, -0.15) is 4.89 Å². The quantitative estimate of drug-likeness (QED) is 0.0182. The first-order valence-corrected chi connectivity index (χ1v) is 25.1. The molecule has 376 valence electrons. The van der Waals surface area contributed by atoms with Crippen molar-refractivity contribution in [2.75, 3.05) is 26.4 Å². The zero-order valence-electron chi connectivity index (χ0n) is 40.3. The van der Waals surface area contributed by atoms with Gasteiger partial charge in [-0.25, -0.2) is 32.7 Å². The maximum absolute atomic E-state index is 13.3. The van der Waals surface area contributed by atoms with E-state index in [0.717, 1.165) is 18.3 Å². The van der Waals surface area contributed by atoms with Gasteiger partial charge in [0.15, 0.2) is 0 Å². The van der Waals surface area contributed by atoms with Crippen molar-refractivity contribution in [3.63, 3.8) is 0 Å². The van der Waals surface area contributed by atoms with Gasteiger partial charge in [0.1, 0.15) is 87.2 Å². The number of aliphatic carboxylic acids is 1. The highest BCUT2D eigenvalue weighted by Gasteiger charge is 2.62. The maximum Gasteiger partial charge on any atom is 0.355 e. The Morgan fingerprint density at radius 2 is 1.24 bits per heavy atom. The van der Waals surface area contributed by atoms with Crippen molar-refractivity contribution < 1.29 is 67.3 Å². The lowest BCUT2D eigenvalue weighted by Gasteiger charge is -2.47. The van der Waals surface area contributed by atoms with Crippen LogP contribution in [-0.4, -0.2) is 103 Å². The molecule has 20 heteroatoms. The summed E-state index contributed by atoms with van der Waals surface area (Å²) in [6.07, 6.45) is 14.0. The minimum absolute atomic E-state index is 0.00143. The molecule has 8 rings (SSSR count). The fraction of sp³-hybridized carbons (Fsp3) is 0.392. The third kappa shape index (κ3) is 11.1. The fourth-order valence-corrected chi connectivity index (χ4v) is 10.7. The van der Waals surface area contributed by atoms with Crippen LogP contribution in [0, 0.1) is 36.7 Å². The van der Waals surface area contributed by atoms with Crippen LogP contribution >= 0.6 is 45.2 Å². The zero-order chi connectivity index (χ0) is 51.4. The third-order valence-corrected chi connectivity index (χ3v) is 15.0. The van der Waals surface area contributed by atoms with Gasteiger partial charge < -0.3 is 34.2 Å². The number of aliphatic hydroxyl groups excluding tert-OH is 1. The van der Waals surface area contributed by atoms with Gasteiger partial charge in [-0.1, -0.05) is 51.6 Å². The van der Waals surface area contributed by atoms with E-state index in [1.165, 1.54) is 22.0 Å². The van der Waals surface area contributed by atoms with E-state index >= 15 is 0 Å². The number of amides is 2. The van der Waals surface area contributed by atoms with Crippen LogP contribution in [0.5, 0.6) is 11.5 Å². The summed E-state index contributed by atoms with van der Waals surface area (Å²) in [6, 6.07) is 11.2. The van der Waals surface area contributed by atoms with Crippen molar-refractivity contribution in [3.05, 3.63) is 140 Å². The third-order valence-electron chi connectivity index (χ3n) is 13.2. The van der Waals surface area contributed by atoms with E-state index in [1.54, 1.807) is 13.8 Å². The Balaban J connectivity index is 0.000000215. The average molecular weight is 1200 g/mol. The van der Waals surface area contributed by atoms with Gasteiger partial charge in [-0.15, -0.1) is 6.58 Å². The predicted molar refractivity (Wildman–Crippen MR) is 271 cm³/mol. The largest absolute Gasteiger partial charge is 0.488 e. The summed E-state index contributed by atoms with van der Waals surface area (Å²) < 4.78 is 27.6. The second-order valence-electron chi connectivity index (χ2n) is 18.1.